The van der Waals surface area contributed by atoms with Crippen LogP contribution in [0.1, 0.15) is 33.3 Å². The van der Waals surface area contributed by atoms with Crippen LogP contribution in [0.25, 0.3) is 0 Å². The van der Waals surface area contributed by atoms with Crippen molar-refractivity contribution in [3.05, 3.63) is 59.4 Å². The van der Waals surface area contributed by atoms with Crippen LogP contribution in [0.3, 0.4) is 0 Å². The Bertz CT molecular complexity index is 892. The molecule has 8 heteroatoms. The van der Waals surface area contributed by atoms with Gasteiger partial charge in [-0.2, -0.15) is 0 Å². The molecule has 1 atom stereocenters. The van der Waals surface area contributed by atoms with Crippen molar-refractivity contribution in [1.82, 2.24) is 0 Å². The van der Waals surface area contributed by atoms with E-state index in [0.717, 1.165) is 11.6 Å². The van der Waals surface area contributed by atoms with Crippen molar-refractivity contribution in [2.45, 2.75) is 39.2 Å². The van der Waals surface area contributed by atoms with Gasteiger partial charge in [-0.3, -0.25) is 4.79 Å². The smallest absolute Gasteiger partial charge is 0.344 e. The largest absolute Gasteiger partial charge is 0.482 e. The number of halogens is 3. The number of carbonyl (C=O) groups excluding carboxylic acids is 2. The first-order valence-electron chi connectivity index (χ1n) is 8.86. The van der Waals surface area contributed by atoms with E-state index in [-0.39, 0.29) is 5.41 Å². The molecule has 0 fully saturated rings. The third-order valence-electron chi connectivity index (χ3n) is 4.05. The van der Waals surface area contributed by atoms with Crippen LogP contribution in [0.5, 0.6) is 5.75 Å². The van der Waals surface area contributed by atoms with E-state index in [1.165, 1.54) is 6.92 Å². The highest BCUT2D eigenvalue weighted by molar-refractivity contribution is 5.95. The lowest BCUT2D eigenvalue weighted by atomic mass is 9.87. The Hall–Kier alpha value is -3.03. The van der Waals surface area contributed by atoms with E-state index in [2.05, 4.69) is 20.8 Å². The molecule has 29 heavy (non-hydrogen) atoms. The van der Waals surface area contributed by atoms with Gasteiger partial charge in [-0.15, -0.1) is 0 Å². The summed E-state index contributed by atoms with van der Waals surface area (Å²) in [5.74, 6) is -5.91. The maximum atomic E-state index is 13.6. The molecule has 0 saturated carbocycles. The molecule has 5 nitrogen and oxygen atoms in total. The molecule has 2 aromatic rings. The summed E-state index contributed by atoms with van der Waals surface area (Å²) >= 11 is 0. The van der Waals surface area contributed by atoms with Crippen LogP contribution < -0.4 is 10.1 Å². The summed E-state index contributed by atoms with van der Waals surface area (Å²) in [6.45, 7) is 7.02. The zero-order valence-corrected chi connectivity index (χ0v) is 16.5. The SMILES string of the molecule is C[C@H](OC(=O)COc1ccc(C(C)(C)C)cc1)C(=O)Nc1ccc(F)c(F)c1F. The number of hydrogen-bond donors (Lipinski definition) is 1. The third-order valence-corrected chi connectivity index (χ3v) is 4.05. The van der Waals surface area contributed by atoms with E-state index < -0.39 is 47.7 Å². The summed E-state index contributed by atoms with van der Waals surface area (Å²) in [7, 11) is 0. The number of nitrogens with one attached hydrogen (secondary N) is 1. The lowest BCUT2D eigenvalue weighted by molar-refractivity contribution is -0.155. The van der Waals surface area contributed by atoms with E-state index in [9.17, 15) is 22.8 Å². The number of rotatable bonds is 6. The van der Waals surface area contributed by atoms with Crippen molar-refractivity contribution in [2.75, 3.05) is 11.9 Å². The number of amides is 1. The monoisotopic (exact) mass is 409 g/mol. The molecule has 0 heterocycles. The van der Waals surface area contributed by atoms with Gasteiger partial charge in [0.05, 0.1) is 5.69 Å². The fraction of sp³-hybridized carbons (Fsp3) is 0.333. The van der Waals surface area contributed by atoms with E-state index in [1.54, 1.807) is 12.1 Å². The van der Waals surface area contributed by atoms with Gasteiger partial charge in [0.1, 0.15) is 5.75 Å². The lowest BCUT2D eigenvalue weighted by Gasteiger charge is -2.19. The van der Waals surface area contributed by atoms with Gasteiger partial charge in [-0.25, -0.2) is 18.0 Å². The Morgan fingerprint density at radius 2 is 1.62 bits per heavy atom. The van der Waals surface area contributed by atoms with Crippen molar-refractivity contribution < 1.29 is 32.2 Å². The fourth-order valence-corrected chi connectivity index (χ4v) is 2.33. The van der Waals surface area contributed by atoms with Crippen LogP contribution in [-0.2, 0) is 19.7 Å². The lowest BCUT2D eigenvalue weighted by Crippen LogP contribution is -2.32. The average Bonchev–Trinajstić information content (AvgIpc) is 2.66. The maximum Gasteiger partial charge on any atom is 0.344 e. The molecule has 1 amide bonds. The summed E-state index contributed by atoms with van der Waals surface area (Å²) < 4.78 is 50.0. The molecule has 156 valence electrons. The Morgan fingerprint density at radius 1 is 1.00 bits per heavy atom. The summed E-state index contributed by atoms with van der Waals surface area (Å²) in [4.78, 5) is 23.9. The highest BCUT2D eigenvalue weighted by Gasteiger charge is 2.21. The minimum absolute atomic E-state index is 0.0207. The molecule has 0 aliphatic rings. The summed E-state index contributed by atoms with van der Waals surface area (Å²) in [5.41, 5.74) is 0.516. The minimum atomic E-state index is -1.71. The van der Waals surface area contributed by atoms with Crippen molar-refractivity contribution in [3.8, 4) is 5.75 Å². The van der Waals surface area contributed by atoms with Gasteiger partial charge in [-0.05, 0) is 42.2 Å². The predicted molar refractivity (Wildman–Crippen MR) is 101 cm³/mol. The predicted octanol–water partition coefficient (Wildman–Crippen LogP) is 4.35. The second-order valence-electron chi connectivity index (χ2n) is 7.41. The van der Waals surface area contributed by atoms with Crippen molar-refractivity contribution in [1.29, 1.82) is 0 Å². The van der Waals surface area contributed by atoms with Gasteiger partial charge in [0, 0.05) is 0 Å². The molecule has 2 aromatic carbocycles. The highest BCUT2D eigenvalue weighted by atomic mass is 19.2. The van der Waals surface area contributed by atoms with Gasteiger partial charge >= 0.3 is 5.97 Å². The third kappa shape index (κ3) is 5.97. The van der Waals surface area contributed by atoms with Crippen molar-refractivity contribution in [3.63, 3.8) is 0 Å². The second-order valence-corrected chi connectivity index (χ2v) is 7.41. The van der Waals surface area contributed by atoms with Gasteiger partial charge in [0.25, 0.3) is 5.91 Å². The summed E-state index contributed by atoms with van der Waals surface area (Å²) in [6.07, 6.45) is -1.30. The number of anilines is 1. The van der Waals surface area contributed by atoms with E-state index in [0.29, 0.717) is 11.8 Å². The molecule has 0 radical (unpaired) electrons. The molecule has 1 N–H and O–H groups in total. The van der Waals surface area contributed by atoms with Crippen LogP contribution in [-0.4, -0.2) is 24.6 Å². The van der Waals surface area contributed by atoms with Crippen LogP contribution in [0.2, 0.25) is 0 Å². The first-order chi connectivity index (χ1) is 13.5. The molecule has 0 spiro atoms. The Kier molecular flexibility index (Phi) is 6.89. The van der Waals surface area contributed by atoms with Crippen LogP contribution in [0.15, 0.2) is 36.4 Å². The number of benzene rings is 2. The quantitative estimate of drug-likeness (QED) is 0.569. The van der Waals surface area contributed by atoms with Crippen LogP contribution in [0, 0.1) is 17.5 Å². The van der Waals surface area contributed by atoms with Crippen molar-refractivity contribution >= 4 is 17.6 Å². The zero-order valence-electron chi connectivity index (χ0n) is 16.5. The second kappa shape index (κ2) is 8.98. The normalized spacial score (nSPS) is 12.2. The molecular formula is C21H22F3NO4. The van der Waals surface area contributed by atoms with E-state index in [4.69, 9.17) is 9.47 Å². The fourth-order valence-electron chi connectivity index (χ4n) is 2.33. The molecule has 0 unspecified atom stereocenters. The van der Waals surface area contributed by atoms with Gasteiger partial charge in [0.2, 0.25) is 0 Å². The summed E-state index contributed by atoms with van der Waals surface area (Å²) in [6, 6.07) is 8.74. The molecule has 0 aliphatic carbocycles. The molecule has 2 rings (SSSR count). The maximum absolute atomic E-state index is 13.6. The van der Waals surface area contributed by atoms with Gasteiger partial charge in [-0.1, -0.05) is 32.9 Å². The Labute approximate surface area is 166 Å². The molecule has 0 aliphatic heterocycles. The average molecular weight is 409 g/mol. The number of carbonyl (C=O) groups is 2. The first kappa shape index (κ1) is 22.3. The number of esters is 1. The van der Waals surface area contributed by atoms with Crippen LogP contribution >= 0.6 is 0 Å². The minimum Gasteiger partial charge on any atom is -0.482 e. The van der Waals surface area contributed by atoms with Gasteiger partial charge < -0.3 is 14.8 Å². The number of ether oxygens (including phenoxy) is 2. The van der Waals surface area contributed by atoms with Crippen molar-refractivity contribution in [2.24, 2.45) is 0 Å². The molecule has 0 aromatic heterocycles. The Morgan fingerprint density at radius 3 is 2.21 bits per heavy atom. The van der Waals surface area contributed by atoms with E-state index in [1.807, 2.05) is 17.4 Å². The molecular weight excluding hydrogens is 387 g/mol. The Balaban J connectivity index is 1.87. The zero-order chi connectivity index (χ0) is 21.8. The topological polar surface area (TPSA) is 64.6 Å². The van der Waals surface area contributed by atoms with E-state index >= 15 is 0 Å². The standard InChI is InChI=1S/C21H22F3NO4/c1-12(20(27)25-16-10-9-15(22)18(23)19(16)24)29-17(26)11-28-14-7-5-13(6-8-14)21(2,3)4/h5-10,12H,11H2,1-4H3,(H,25,27)/t12-/m0/s1. The van der Waals surface area contributed by atoms with Gasteiger partial charge in [0.15, 0.2) is 30.2 Å². The molecule has 0 bridgehead atoms. The van der Waals surface area contributed by atoms with Crippen LogP contribution in [0.4, 0.5) is 18.9 Å². The molecule has 0 saturated heterocycles. The highest BCUT2D eigenvalue weighted by Crippen LogP contribution is 2.24. The first-order valence-corrected chi connectivity index (χ1v) is 8.86. The summed E-state index contributed by atoms with van der Waals surface area (Å²) in [5, 5.41) is 2.04. The number of hydrogen-bond acceptors (Lipinski definition) is 4.